The molecule has 0 fully saturated rings. The van der Waals surface area contributed by atoms with Crippen molar-refractivity contribution in [2.45, 2.75) is 34.1 Å². The van der Waals surface area contributed by atoms with Crippen molar-refractivity contribution >= 4 is 17.8 Å². The number of aliphatic carboxylic acids is 1. The van der Waals surface area contributed by atoms with Gasteiger partial charge in [-0.15, -0.1) is 0 Å². The van der Waals surface area contributed by atoms with Gasteiger partial charge in [0, 0.05) is 17.7 Å². The Labute approximate surface area is 106 Å². The van der Waals surface area contributed by atoms with Crippen LogP contribution in [0.3, 0.4) is 0 Å². The number of amides is 2. The van der Waals surface area contributed by atoms with Gasteiger partial charge in [0.15, 0.2) is 0 Å². The largest absolute Gasteiger partial charge is 0.481 e. The van der Waals surface area contributed by atoms with E-state index in [1.807, 2.05) is 13.8 Å². The van der Waals surface area contributed by atoms with Crippen molar-refractivity contribution in [3.05, 3.63) is 11.1 Å². The molecule has 0 bridgehead atoms. The number of hydrogen-bond acceptors (Lipinski definition) is 3. The minimum Gasteiger partial charge on any atom is -0.481 e. The van der Waals surface area contributed by atoms with Crippen LogP contribution < -0.4 is 0 Å². The minimum absolute atomic E-state index is 0.0418. The van der Waals surface area contributed by atoms with Crippen molar-refractivity contribution in [3.63, 3.8) is 0 Å². The first-order valence-corrected chi connectivity index (χ1v) is 6.02. The van der Waals surface area contributed by atoms with E-state index in [4.69, 9.17) is 5.11 Å². The maximum atomic E-state index is 11.8. The van der Waals surface area contributed by atoms with Gasteiger partial charge in [-0.1, -0.05) is 13.8 Å². The van der Waals surface area contributed by atoms with E-state index in [0.29, 0.717) is 17.6 Å². The SMILES string of the molecule is CC1=C(C)C(=O)N(CC(CC(C)C)C(=O)O)C1=O. The Morgan fingerprint density at radius 3 is 1.94 bits per heavy atom. The summed E-state index contributed by atoms with van der Waals surface area (Å²) in [5.41, 5.74) is 0.822. The highest BCUT2D eigenvalue weighted by Gasteiger charge is 2.36. The van der Waals surface area contributed by atoms with Gasteiger partial charge in [-0.2, -0.15) is 0 Å². The summed E-state index contributed by atoms with van der Waals surface area (Å²) < 4.78 is 0. The average molecular weight is 253 g/mol. The van der Waals surface area contributed by atoms with E-state index in [0.717, 1.165) is 4.90 Å². The third-order valence-electron chi connectivity index (χ3n) is 3.20. The van der Waals surface area contributed by atoms with Crippen molar-refractivity contribution in [2.75, 3.05) is 6.54 Å². The Balaban J connectivity index is 2.81. The molecule has 5 heteroatoms. The predicted molar refractivity (Wildman–Crippen MR) is 65.7 cm³/mol. The monoisotopic (exact) mass is 253 g/mol. The Morgan fingerprint density at radius 1 is 1.17 bits per heavy atom. The molecule has 0 spiro atoms. The molecular formula is C13H19NO4. The lowest BCUT2D eigenvalue weighted by Gasteiger charge is -2.21. The Kier molecular flexibility index (Phi) is 4.27. The molecule has 1 aliphatic heterocycles. The smallest absolute Gasteiger partial charge is 0.308 e. The molecule has 0 aromatic rings. The molecule has 0 radical (unpaired) electrons. The van der Waals surface area contributed by atoms with Crippen LogP contribution in [0.2, 0.25) is 0 Å². The van der Waals surface area contributed by atoms with E-state index >= 15 is 0 Å². The molecule has 1 atom stereocenters. The fourth-order valence-corrected chi connectivity index (χ4v) is 2.03. The first kappa shape index (κ1) is 14.4. The number of hydrogen-bond donors (Lipinski definition) is 1. The predicted octanol–water partition coefficient (Wildman–Crippen LogP) is 1.44. The first-order chi connectivity index (χ1) is 8.25. The van der Waals surface area contributed by atoms with Crippen LogP contribution in [0, 0.1) is 11.8 Å². The van der Waals surface area contributed by atoms with Crippen LogP contribution in [0.5, 0.6) is 0 Å². The van der Waals surface area contributed by atoms with E-state index in [-0.39, 0.29) is 24.3 Å². The summed E-state index contributed by atoms with van der Waals surface area (Å²) in [5, 5.41) is 9.12. The van der Waals surface area contributed by atoms with Crippen molar-refractivity contribution < 1.29 is 19.5 Å². The maximum absolute atomic E-state index is 11.8. The van der Waals surface area contributed by atoms with Crippen LogP contribution >= 0.6 is 0 Å². The highest BCUT2D eigenvalue weighted by atomic mass is 16.4. The first-order valence-electron chi connectivity index (χ1n) is 6.02. The van der Waals surface area contributed by atoms with E-state index in [1.54, 1.807) is 13.8 Å². The third kappa shape index (κ3) is 2.78. The number of carboxylic acids is 1. The molecule has 0 saturated carbocycles. The van der Waals surface area contributed by atoms with Crippen LogP contribution in [0.25, 0.3) is 0 Å². The summed E-state index contributed by atoms with van der Waals surface area (Å²) in [7, 11) is 0. The molecule has 0 aliphatic carbocycles. The topological polar surface area (TPSA) is 74.7 Å². The number of rotatable bonds is 5. The zero-order valence-electron chi connectivity index (χ0n) is 11.2. The van der Waals surface area contributed by atoms with Gasteiger partial charge in [-0.3, -0.25) is 19.3 Å². The Hall–Kier alpha value is -1.65. The van der Waals surface area contributed by atoms with Gasteiger partial charge < -0.3 is 5.11 Å². The summed E-state index contributed by atoms with van der Waals surface area (Å²) in [6.45, 7) is 6.97. The average Bonchev–Trinajstić information content (AvgIpc) is 2.45. The second kappa shape index (κ2) is 5.33. The molecule has 0 aromatic carbocycles. The van der Waals surface area contributed by atoms with Crippen LogP contribution in [0.4, 0.5) is 0 Å². The summed E-state index contributed by atoms with van der Waals surface area (Å²) >= 11 is 0. The fourth-order valence-electron chi connectivity index (χ4n) is 2.03. The van der Waals surface area contributed by atoms with E-state index in [1.165, 1.54) is 0 Å². The maximum Gasteiger partial charge on any atom is 0.308 e. The lowest BCUT2D eigenvalue weighted by atomic mass is 9.96. The van der Waals surface area contributed by atoms with Crippen molar-refractivity contribution in [3.8, 4) is 0 Å². The zero-order valence-corrected chi connectivity index (χ0v) is 11.2. The summed E-state index contributed by atoms with van der Waals surface area (Å²) in [4.78, 5) is 35.8. The van der Waals surface area contributed by atoms with Gasteiger partial charge in [0.1, 0.15) is 0 Å². The van der Waals surface area contributed by atoms with Crippen molar-refractivity contribution in [2.24, 2.45) is 11.8 Å². The van der Waals surface area contributed by atoms with Crippen LogP contribution in [-0.4, -0.2) is 34.3 Å². The molecule has 1 N–H and O–H groups in total. The standard InChI is InChI=1S/C13H19NO4/c1-7(2)5-10(13(17)18)6-14-11(15)8(3)9(4)12(14)16/h7,10H,5-6H2,1-4H3,(H,17,18). The lowest BCUT2D eigenvalue weighted by Crippen LogP contribution is -2.38. The van der Waals surface area contributed by atoms with Crippen molar-refractivity contribution in [1.29, 1.82) is 0 Å². The quantitative estimate of drug-likeness (QED) is 0.752. The summed E-state index contributed by atoms with van der Waals surface area (Å²) in [6.07, 6.45) is 0.449. The van der Waals surface area contributed by atoms with Gasteiger partial charge in [0.05, 0.1) is 5.92 Å². The summed E-state index contributed by atoms with van der Waals surface area (Å²) in [5.74, 6) is -2.20. The molecule has 0 aromatic heterocycles. The molecule has 1 aliphatic rings. The van der Waals surface area contributed by atoms with E-state index in [2.05, 4.69) is 0 Å². The Bertz CT molecular complexity index is 399. The van der Waals surface area contributed by atoms with Gasteiger partial charge >= 0.3 is 5.97 Å². The molecular weight excluding hydrogens is 234 g/mol. The highest BCUT2D eigenvalue weighted by molar-refractivity contribution is 6.18. The second-order valence-corrected chi connectivity index (χ2v) is 5.14. The molecule has 1 unspecified atom stereocenters. The molecule has 2 amide bonds. The van der Waals surface area contributed by atoms with Gasteiger partial charge in [0.2, 0.25) is 0 Å². The minimum atomic E-state index is -0.966. The molecule has 1 rings (SSSR count). The van der Waals surface area contributed by atoms with Crippen LogP contribution in [0.15, 0.2) is 11.1 Å². The van der Waals surface area contributed by atoms with E-state index < -0.39 is 11.9 Å². The van der Waals surface area contributed by atoms with Crippen LogP contribution in [-0.2, 0) is 14.4 Å². The normalized spacial score (nSPS) is 17.9. The fraction of sp³-hybridized carbons (Fsp3) is 0.615. The molecule has 5 nitrogen and oxygen atoms in total. The second-order valence-electron chi connectivity index (χ2n) is 5.14. The lowest BCUT2D eigenvalue weighted by molar-refractivity contribution is -0.145. The van der Waals surface area contributed by atoms with E-state index in [9.17, 15) is 14.4 Å². The zero-order chi connectivity index (χ0) is 14.0. The third-order valence-corrected chi connectivity index (χ3v) is 3.20. The molecule has 0 saturated heterocycles. The number of carboxylic acid groups (broad SMARTS) is 1. The Morgan fingerprint density at radius 2 is 1.61 bits per heavy atom. The number of carbonyl (C=O) groups is 3. The van der Waals surface area contributed by atoms with Gasteiger partial charge in [-0.05, 0) is 26.2 Å². The molecule has 100 valence electrons. The summed E-state index contributed by atoms with van der Waals surface area (Å²) in [6, 6.07) is 0. The highest BCUT2D eigenvalue weighted by Crippen LogP contribution is 2.23. The van der Waals surface area contributed by atoms with Crippen LogP contribution in [0.1, 0.15) is 34.1 Å². The number of nitrogens with zero attached hydrogens (tertiary/aromatic N) is 1. The number of imide groups is 1. The van der Waals surface area contributed by atoms with Gasteiger partial charge in [0.25, 0.3) is 11.8 Å². The molecule has 18 heavy (non-hydrogen) atoms. The number of carbonyl (C=O) groups excluding carboxylic acids is 2. The van der Waals surface area contributed by atoms with Crippen molar-refractivity contribution in [1.82, 2.24) is 4.90 Å². The molecule has 1 heterocycles. The van der Waals surface area contributed by atoms with Gasteiger partial charge in [-0.25, -0.2) is 0 Å².